The normalized spacial score (nSPS) is 22.5. The number of aryl methyl sites for hydroxylation is 1. The molecule has 1 unspecified atom stereocenters. The van der Waals surface area contributed by atoms with Crippen LogP contribution in [0.1, 0.15) is 36.8 Å². The second kappa shape index (κ2) is 5.78. The highest BCUT2D eigenvalue weighted by Gasteiger charge is 2.26. The molecule has 1 N–H and O–H groups in total. The minimum atomic E-state index is 0.141. The lowest BCUT2D eigenvalue weighted by Gasteiger charge is -2.36. The van der Waals surface area contributed by atoms with Crippen molar-refractivity contribution in [2.24, 2.45) is 0 Å². The molecule has 0 radical (unpaired) electrons. The van der Waals surface area contributed by atoms with Gasteiger partial charge in [-0.1, -0.05) is 12.2 Å². The molecule has 2 aliphatic heterocycles. The van der Waals surface area contributed by atoms with Gasteiger partial charge < -0.3 is 14.7 Å². The molecule has 0 spiro atoms. The van der Waals surface area contributed by atoms with E-state index >= 15 is 0 Å². The van der Waals surface area contributed by atoms with Gasteiger partial charge in [0.25, 0.3) is 0 Å². The van der Waals surface area contributed by atoms with Crippen LogP contribution in [0.4, 0.5) is 5.69 Å². The van der Waals surface area contributed by atoms with Crippen molar-refractivity contribution in [1.82, 2.24) is 0 Å². The van der Waals surface area contributed by atoms with Crippen molar-refractivity contribution in [2.75, 3.05) is 18.1 Å². The fraction of sp³-hybridized carbons (Fsp3) is 0.500. The van der Waals surface area contributed by atoms with Gasteiger partial charge in [0.1, 0.15) is 12.0 Å². The number of phenolic OH excluding ortho intramolecular Hbond substituents is 1. The van der Waals surface area contributed by atoms with Crippen LogP contribution in [0, 0.1) is 6.92 Å². The number of ether oxygens (including phenoxy) is 1. The Hall–Kier alpha value is -1.00. The van der Waals surface area contributed by atoms with E-state index in [0.717, 1.165) is 53.7 Å². The Morgan fingerprint density at radius 3 is 3.00 bits per heavy atom. The Labute approximate surface area is 128 Å². The molecule has 3 rings (SSSR count). The average molecular weight is 338 g/mol. The predicted octanol–water partition coefficient (Wildman–Crippen LogP) is 4.21. The molecule has 1 aromatic carbocycles. The molecule has 1 fully saturated rings. The van der Waals surface area contributed by atoms with Gasteiger partial charge in [0.15, 0.2) is 0 Å². The van der Waals surface area contributed by atoms with Crippen molar-refractivity contribution >= 4 is 27.7 Å². The molecule has 1 saturated heterocycles. The predicted molar refractivity (Wildman–Crippen MR) is 85.1 cm³/mol. The maximum atomic E-state index is 10.4. The first kappa shape index (κ1) is 14.0. The second-order valence-corrected chi connectivity index (χ2v) is 6.29. The summed E-state index contributed by atoms with van der Waals surface area (Å²) in [6.45, 7) is 3.79. The number of phenols is 1. The van der Waals surface area contributed by atoms with E-state index in [2.05, 4.69) is 33.0 Å². The van der Waals surface area contributed by atoms with Crippen molar-refractivity contribution in [3.8, 4) is 5.75 Å². The first-order chi connectivity index (χ1) is 9.68. The molecule has 0 aliphatic carbocycles. The van der Waals surface area contributed by atoms with Crippen molar-refractivity contribution < 1.29 is 9.84 Å². The first-order valence-electron chi connectivity index (χ1n) is 7.25. The molecule has 20 heavy (non-hydrogen) atoms. The molecule has 1 aromatic rings. The zero-order valence-corrected chi connectivity index (χ0v) is 13.3. The van der Waals surface area contributed by atoms with Crippen molar-refractivity contribution in [2.45, 2.75) is 38.8 Å². The van der Waals surface area contributed by atoms with E-state index in [1.807, 2.05) is 13.0 Å². The van der Waals surface area contributed by atoms with E-state index in [1.54, 1.807) is 0 Å². The van der Waals surface area contributed by atoms with Crippen LogP contribution in [0.15, 0.2) is 16.6 Å². The number of fused-ring (bicyclic) bond motifs is 1. The largest absolute Gasteiger partial charge is 0.506 e. The number of nitrogens with zero attached hydrogens (tertiary/aromatic N) is 1. The minimum Gasteiger partial charge on any atom is -0.506 e. The van der Waals surface area contributed by atoms with Crippen molar-refractivity contribution in [1.29, 1.82) is 0 Å². The molecule has 0 bridgehead atoms. The molecule has 3 nitrogen and oxygen atoms in total. The minimum absolute atomic E-state index is 0.141. The SMILES string of the molecule is Cc1cc2c(c(O)c1Br)C=CCCN2C1CCCCO1. The molecule has 108 valence electrons. The number of hydrogen-bond acceptors (Lipinski definition) is 3. The summed E-state index contributed by atoms with van der Waals surface area (Å²) in [7, 11) is 0. The highest BCUT2D eigenvalue weighted by Crippen LogP contribution is 2.41. The Morgan fingerprint density at radius 2 is 2.25 bits per heavy atom. The van der Waals surface area contributed by atoms with Gasteiger partial charge in [0.05, 0.1) is 10.2 Å². The Balaban J connectivity index is 2.04. The van der Waals surface area contributed by atoms with E-state index in [9.17, 15) is 5.11 Å². The fourth-order valence-corrected chi connectivity index (χ4v) is 3.31. The van der Waals surface area contributed by atoms with Gasteiger partial charge in [0.2, 0.25) is 0 Å². The molecule has 1 atom stereocenters. The number of anilines is 1. The summed E-state index contributed by atoms with van der Waals surface area (Å²) >= 11 is 3.47. The van der Waals surface area contributed by atoms with Crippen LogP contribution in [0.25, 0.3) is 6.08 Å². The molecule has 0 aromatic heterocycles. The van der Waals surface area contributed by atoms with Gasteiger partial charge in [0, 0.05) is 18.7 Å². The Morgan fingerprint density at radius 1 is 1.40 bits per heavy atom. The number of halogens is 1. The summed E-state index contributed by atoms with van der Waals surface area (Å²) in [4.78, 5) is 2.31. The molecule has 0 amide bonds. The van der Waals surface area contributed by atoms with Crippen LogP contribution in [0.3, 0.4) is 0 Å². The molecule has 2 heterocycles. The van der Waals surface area contributed by atoms with E-state index in [-0.39, 0.29) is 6.23 Å². The Kier molecular flexibility index (Phi) is 4.03. The summed E-state index contributed by atoms with van der Waals surface area (Å²) in [5.41, 5.74) is 3.04. The standard InChI is InChI=1S/C16H20BrNO2/c1-11-10-13-12(16(19)15(11)17)6-2-4-8-18(13)14-7-3-5-9-20-14/h2,6,10,14,19H,3-5,7-9H2,1H3. The van der Waals surface area contributed by atoms with Crippen LogP contribution in [0.2, 0.25) is 0 Å². The van der Waals surface area contributed by atoms with Gasteiger partial charge in [-0.05, 0) is 60.2 Å². The van der Waals surface area contributed by atoms with Gasteiger partial charge in [-0.3, -0.25) is 0 Å². The van der Waals surface area contributed by atoms with Crippen LogP contribution in [0.5, 0.6) is 5.75 Å². The van der Waals surface area contributed by atoms with Gasteiger partial charge in [-0.15, -0.1) is 0 Å². The zero-order chi connectivity index (χ0) is 14.1. The molecular weight excluding hydrogens is 318 g/mol. The monoisotopic (exact) mass is 337 g/mol. The van der Waals surface area contributed by atoms with Gasteiger partial charge >= 0.3 is 0 Å². The summed E-state index contributed by atoms with van der Waals surface area (Å²) < 4.78 is 6.73. The summed E-state index contributed by atoms with van der Waals surface area (Å²) in [6.07, 6.45) is 8.70. The lowest BCUT2D eigenvalue weighted by atomic mass is 10.1. The van der Waals surface area contributed by atoms with E-state index in [0.29, 0.717) is 5.75 Å². The van der Waals surface area contributed by atoms with E-state index in [1.165, 1.54) is 6.42 Å². The smallest absolute Gasteiger partial charge is 0.139 e. The lowest BCUT2D eigenvalue weighted by Crippen LogP contribution is -2.40. The number of benzene rings is 1. The number of aromatic hydroxyl groups is 1. The zero-order valence-electron chi connectivity index (χ0n) is 11.7. The van der Waals surface area contributed by atoms with Crippen LogP contribution in [-0.2, 0) is 4.74 Å². The molecule has 2 aliphatic rings. The number of hydrogen-bond donors (Lipinski definition) is 1. The molecule has 4 heteroatoms. The van der Waals surface area contributed by atoms with Gasteiger partial charge in [-0.25, -0.2) is 0 Å². The summed E-state index contributed by atoms with van der Waals surface area (Å²) in [6, 6.07) is 2.15. The highest BCUT2D eigenvalue weighted by atomic mass is 79.9. The third-order valence-electron chi connectivity index (χ3n) is 4.07. The first-order valence-corrected chi connectivity index (χ1v) is 8.04. The average Bonchev–Trinajstić information content (AvgIpc) is 2.68. The van der Waals surface area contributed by atoms with E-state index in [4.69, 9.17) is 4.74 Å². The maximum Gasteiger partial charge on any atom is 0.139 e. The molecular formula is C16H20BrNO2. The quantitative estimate of drug-likeness (QED) is 0.832. The van der Waals surface area contributed by atoms with E-state index < -0.39 is 0 Å². The topological polar surface area (TPSA) is 32.7 Å². The van der Waals surface area contributed by atoms with Crippen LogP contribution in [-0.4, -0.2) is 24.5 Å². The fourth-order valence-electron chi connectivity index (χ4n) is 2.98. The number of rotatable bonds is 1. The van der Waals surface area contributed by atoms with Crippen LogP contribution >= 0.6 is 15.9 Å². The van der Waals surface area contributed by atoms with Crippen LogP contribution < -0.4 is 4.90 Å². The Bertz CT molecular complexity index is 536. The van der Waals surface area contributed by atoms with Crippen molar-refractivity contribution in [3.05, 3.63) is 27.7 Å². The molecule has 0 saturated carbocycles. The summed E-state index contributed by atoms with van der Waals surface area (Å²) in [5.74, 6) is 0.332. The lowest BCUT2D eigenvalue weighted by molar-refractivity contribution is 0.0145. The summed E-state index contributed by atoms with van der Waals surface area (Å²) in [5, 5.41) is 10.4. The second-order valence-electron chi connectivity index (χ2n) is 5.49. The maximum absolute atomic E-state index is 10.4. The van der Waals surface area contributed by atoms with Crippen molar-refractivity contribution in [3.63, 3.8) is 0 Å². The van der Waals surface area contributed by atoms with Gasteiger partial charge in [-0.2, -0.15) is 0 Å². The highest BCUT2D eigenvalue weighted by molar-refractivity contribution is 9.10. The third kappa shape index (κ3) is 2.47. The third-order valence-corrected chi connectivity index (χ3v) is 5.07.